The highest BCUT2D eigenvalue weighted by molar-refractivity contribution is 6.09. The van der Waals surface area contributed by atoms with Crippen molar-refractivity contribution >= 4 is 38.3 Å². The number of para-hydroxylation sites is 2. The van der Waals surface area contributed by atoms with Crippen LogP contribution < -0.4 is 5.73 Å². The molecule has 1 unspecified atom stereocenters. The molecule has 0 saturated carbocycles. The molecular formula is C41H30N2. The Labute approximate surface area is 251 Å². The molecule has 1 aromatic heterocycles. The lowest BCUT2D eigenvalue weighted by atomic mass is 9.81. The maximum absolute atomic E-state index is 6.02. The van der Waals surface area contributed by atoms with Crippen LogP contribution in [0.25, 0.3) is 49.4 Å². The molecule has 0 bridgehead atoms. The summed E-state index contributed by atoms with van der Waals surface area (Å²) in [5, 5.41) is 5.03. The van der Waals surface area contributed by atoms with E-state index in [0.29, 0.717) is 0 Å². The van der Waals surface area contributed by atoms with Crippen LogP contribution >= 0.6 is 0 Å². The van der Waals surface area contributed by atoms with Crippen LogP contribution in [0.1, 0.15) is 22.6 Å². The molecule has 0 spiro atoms. The van der Waals surface area contributed by atoms with Gasteiger partial charge in [-0.2, -0.15) is 0 Å². The van der Waals surface area contributed by atoms with Crippen LogP contribution in [-0.2, 0) is 0 Å². The van der Waals surface area contributed by atoms with Gasteiger partial charge >= 0.3 is 0 Å². The molecule has 0 aliphatic rings. The van der Waals surface area contributed by atoms with E-state index in [-0.39, 0.29) is 5.92 Å². The van der Waals surface area contributed by atoms with Crippen molar-refractivity contribution in [3.8, 4) is 16.8 Å². The molecule has 0 aliphatic carbocycles. The highest BCUT2D eigenvalue weighted by atomic mass is 15.0. The maximum atomic E-state index is 6.02. The topological polar surface area (TPSA) is 30.9 Å². The maximum Gasteiger partial charge on any atom is 0.0541 e. The molecule has 1 heterocycles. The molecule has 0 fully saturated rings. The molecule has 2 heteroatoms. The van der Waals surface area contributed by atoms with Gasteiger partial charge in [0.05, 0.1) is 11.0 Å². The smallest absolute Gasteiger partial charge is 0.0541 e. The summed E-state index contributed by atoms with van der Waals surface area (Å²) >= 11 is 0. The molecule has 1 atom stereocenters. The zero-order valence-electron chi connectivity index (χ0n) is 23.7. The average molecular weight is 551 g/mol. The predicted octanol–water partition coefficient (Wildman–Crippen LogP) is 10.4. The standard InChI is InChI=1S/C41H30N2/c42-31-22-19-28(20-23-31)33-24-25-37(35-16-8-7-15-34(33)35)41(29-11-3-1-4-12-29)30-21-26-40-38(27-30)36-17-9-10-18-39(36)43(40)32-13-5-2-6-14-32/h1-27,41H,42H2. The van der Waals surface area contributed by atoms with Crippen LogP contribution in [0.15, 0.2) is 164 Å². The van der Waals surface area contributed by atoms with E-state index < -0.39 is 0 Å². The fourth-order valence-corrected chi connectivity index (χ4v) is 6.71. The number of hydrogen-bond donors (Lipinski definition) is 1. The first-order valence-corrected chi connectivity index (χ1v) is 14.8. The van der Waals surface area contributed by atoms with Crippen molar-refractivity contribution in [1.82, 2.24) is 4.57 Å². The number of nitrogen functional groups attached to an aromatic ring is 1. The summed E-state index contributed by atoms with van der Waals surface area (Å²) in [5.41, 5.74) is 16.6. The second-order valence-corrected chi connectivity index (χ2v) is 11.2. The van der Waals surface area contributed by atoms with Crippen molar-refractivity contribution in [1.29, 1.82) is 0 Å². The summed E-state index contributed by atoms with van der Waals surface area (Å²) < 4.78 is 2.38. The molecule has 43 heavy (non-hydrogen) atoms. The van der Waals surface area contributed by atoms with Gasteiger partial charge < -0.3 is 10.3 Å². The molecule has 8 aromatic rings. The van der Waals surface area contributed by atoms with Gasteiger partial charge in [-0.1, -0.05) is 121 Å². The largest absolute Gasteiger partial charge is 0.399 e. The molecule has 0 amide bonds. The van der Waals surface area contributed by atoms with Crippen molar-refractivity contribution in [3.63, 3.8) is 0 Å². The van der Waals surface area contributed by atoms with Gasteiger partial charge in [-0.25, -0.2) is 0 Å². The van der Waals surface area contributed by atoms with Gasteiger partial charge in [0.15, 0.2) is 0 Å². The summed E-state index contributed by atoms with van der Waals surface area (Å²) in [5.74, 6) is 0.0646. The Kier molecular flexibility index (Phi) is 6.05. The summed E-state index contributed by atoms with van der Waals surface area (Å²) in [7, 11) is 0. The normalized spacial score (nSPS) is 12.2. The molecule has 0 radical (unpaired) electrons. The molecule has 0 saturated heterocycles. The van der Waals surface area contributed by atoms with E-state index in [1.165, 1.54) is 66.1 Å². The first kappa shape index (κ1) is 25.1. The van der Waals surface area contributed by atoms with E-state index in [1.54, 1.807) is 0 Å². The Hall–Kier alpha value is -5.60. The zero-order valence-corrected chi connectivity index (χ0v) is 23.7. The van der Waals surface area contributed by atoms with Crippen molar-refractivity contribution in [2.45, 2.75) is 5.92 Å². The number of anilines is 1. The number of benzene rings is 7. The molecule has 7 aromatic carbocycles. The lowest BCUT2D eigenvalue weighted by molar-refractivity contribution is 0.992. The highest BCUT2D eigenvalue weighted by Crippen LogP contribution is 2.42. The van der Waals surface area contributed by atoms with Crippen molar-refractivity contribution in [2.75, 3.05) is 5.73 Å². The second kappa shape index (κ2) is 10.3. The minimum atomic E-state index is 0.0646. The highest BCUT2D eigenvalue weighted by Gasteiger charge is 2.22. The first-order chi connectivity index (χ1) is 21.3. The average Bonchev–Trinajstić information content (AvgIpc) is 3.40. The Morgan fingerprint density at radius 2 is 1.07 bits per heavy atom. The third-order valence-electron chi connectivity index (χ3n) is 8.67. The van der Waals surface area contributed by atoms with E-state index >= 15 is 0 Å². The number of rotatable bonds is 5. The Morgan fingerprint density at radius 1 is 0.442 bits per heavy atom. The van der Waals surface area contributed by atoms with E-state index in [0.717, 1.165) is 5.69 Å². The minimum Gasteiger partial charge on any atom is -0.399 e. The molecule has 0 aliphatic heterocycles. The number of aromatic nitrogens is 1. The van der Waals surface area contributed by atoms with E-state index in [1.807, 2.05) is 12.1 Å². The molecule has 8 rings (SSSR count). The number of nitrogens with two attached hydrogens (primary N) is 1. The lowest BCUT2D eigenvalue weighted by Gasteiger charge is -2.22. The third-order valence-corrected chi connectivity index (χ3v) is 8.67. The zero-order chi connectivity index (χ0) is 28.8. The quantitative estimate of drug-likeness (QED) is 0.168. The number of nitrogens with zero attached hydrogens (tertiary/aromatic N) is 1. The van der Waals surface area contributed by atoms with Crippen molar-refractivity contribution in [3.05, 3.63) is 180 Å². The number of hydrogen-bond acceptors (Lipinski definition) is 1. The van der Waals surface area contributed by atoms with Crippen LogP contribution in [0.5, 0.6) is 0 Å². The van der Waals surface area contributed by atoms with Gasteiger partial charge in [0.25, 0.3) is 0 Å². The monoisotopic (exact) mass is 550 g/mol. The van der Waals surface area contributed by atoms with Gasteiger partial charge in [-0.15, -0.1) is 0 Å². The van der Waals surface area contributed by atoms with Gasteiger partial charge in [-0.05, 0) is 81.1 Å². The Bertz CT molecular complexity index is 2230. The predicted molar refractivity (Wildman–Crippen MR) is 182 cm³/mol. The molecule has 2 nitrogen and oxygen atoms in total. The molecule has 204 valence electrons. The number of fused-ring (bicyclic) bond motifs is 4. The third kappa shape index (κ3) is 4.27. The lowest BCUT2D eigenvalue weighted by Crippen LogP contribution is -2.05. The van der Waals surface area contributed by atoms with Gasteiger partial charge in [-0.3, -0.25) is 0 Å². The molecule has 2 N–H and O–H groups in total. The van der Waals surface area contributed by atoms with Crippen LogP contribution in [0.2, 0.25) is 0 Å². The van der Waals surface area contributed by atoms with Crippen molar-refractivity contribution in [2.24, 2.45) is 0 Å². The molecular weight excluding hydrogens is 520 g/mol. The fourth-order valence-electron chi connectivity index (χ4n) is 6.71. The van der Waals surface area contributed by atoms with E-state index in [9.17, 15) is 0 Å². The van der Waals surface area contributed by atoms with Crippen LogP contribution in [0.3, 0.4) is 0 Å². The summed E-state index contributed by atoms with van der Waals surface area (Å²) in [4.78, 5) is 0. The van der Waals surface area contributed by atoms with Crippen molar-refractivity contribution < 1.29 is 0 Å². The van der Waals surface area contributed by atoms with Gasteiger partial charge in [0.2, 0.25) is 0 Å². The van der Waals surface area contributed by atoms with Crippen LogP contribution in [0, 0.1) is 0 Å². The van der Waals surface area contributed by atoms with Gasteiger partial charge in [0, 0.05) is 28.1 Å². The summed E-state index contributed by atoms with van der Waals surface area (Å²) in [6.45, 7) is 0. The first-order valence-electron chi connectivity index (χ1n) is 14.8. The fraction of sp³-hybridized carbons (Fsp3) is 0.0244. The SMILES string of the molecule is Nc1ccc(-c2ccc(C(c3ccccc3)c3ccc4c(c3)c3ccccc3n4-c3ccccc3)c3ccccc23)cc1. The summed E-state index contributed by atoms with van der Waals surface area (Å²) in [6.07, 6.45) is 0. The van der Waals surface area contributed by atoms with Crippen LogP contribution in [0.4, 0.5) is 5.69 Å². The van der Waals surface area contributed by atoms with Gasteiger partial charge in [0.1, 0.15) is 0 Å². The Balaban J connectivity index is 1.38. The minimum absolute atomic E-state index is 0.0646. The van der Waals surface area contributed by atoms with E-state index in [4.69, 9.17) is 5.73 Å². The van der Waals surface area contributed by atoms with Crippen LogP contribution in [-0.4, -0.2) is 4.57 Å². The summed E-state index contributed by atoms with van der Waals surface area (Å²) in [6, 6.07) is 58.9. The second-order valence-electron chi connectivity index (χ2n) is 11.2. The van der Waals surface area contributed by atoms with E-state index in [2.05, 4.69) is 156 Å². The Morgan fingerprint density at radius 3 is 1.84 bits per heavy atom.